The SMILES string of the molecule is C[N+]1([O-])[C@@H]2CC[C@H]1CC(O)C2.O.O. The lowest BCUT2D eigenvalue weighted by molar-refractivity contribution is -0.903. The van der Waals surface area contributed by atoms with Gasteiger partial charge in [0.05, 0.1) is 25.2 Å². The molecule has 5 N–H and O–H groups in total. The van der Waals surface area contributed by atoms with Crippen molar-refractivity contribution < 1.29 is 20.7 Å². The largest absolute Gasteiger partial charge is 0.633 e. The predicted octanol–water partition coefficient (Wildman–Crippen LogP) is -1.03. The maximum Gasteiger partial charge on any atom is 0.0914 e. The molecule has 80 valence electrons. The number of quaternary nitrogens is 1. The molecule has 2 aliphatic heterocycles. The summed E-state index contributed by atoms with van der Waals surface area (Å²) in [6, 6.07) is 0.368. The van der Waals surface area contributed by atoms with Crippen LogP contribution in [-0.2, 0) is 0 Å². The van der Waals surface area contributed by atoms with E-state index in [1.165, 1.54) is 0 Å². The number of hydroxylamine groups is 3. The Labute approximate surface area is 77.8 Å². The molecule has 2 bridgehead atoms. The van der Waals surface area contributed by atoms with Gasteiger partial charge in [0, 0.05) is 25.7 Å². The van der Waals surface area contributed by atoms with Gasteiger partial charge in [0.25, 0.3) is 0 Å². The van der Waals surface area contributed by atoms with Crippen LogP contribution >= 0.6 is 0 Å². The molecule has 2 aliphatic rings. The minimum Gasteiger partial charge on any atom is -0.633 e. The van der Waals surface area contributed by atoms with Gasteiger partial charge in [-0.05, 0) is 0 Å². The highest BCUT2D eigenvalue weighted by molar-refractivity contribution is 4.85. The average molecular weight is 193 g/mol. The third-order valence-electron chi connectivity index (χ3n) is 3.37. The number of hydrogen-bond donors (Lipinski definition) is 1. The zero-order chi connectivity index (χ0) is 8.06. The fourth-order valence-corrected chi connectivity index (χ4v) is 2.57. The van der Waals surface area contributed by atoms with Crippen molar-refractivity contribution in [1.29, 1.82) is 0 Å². The second-order valence-corrected chi connectivity index (χ2v) is 4.07. The summed E-state index contributed by atoms with van der Waals surface area (Å²) in [5, 5.41) is 21.2. The summed E-state index contributed by atoms with van der Waals surface area (Å²) >= 11 is 0. The van der Waals surface area contributed by atoms with Gasteiger partial charge >= 0.3 is 0 Å². The number of hydrogen-bond acceptors (Lipinski definition) is 2. The Kier molecular flexibility index (Phi) is 3.83. The Bertz CT molecular complexity index is 158. The summed E-state index contributed by atoms with van der Waals surface area (Å²) < 4.78 is -0.0862. The van der Waals surface area contributed by atoms with Gasteiger partial charge in [-0.2, -0.15) is 0 Å². The van der Waals surface area contributed by atoms with Crippen LogP contribution in [-0.4, -0.2) is 45.9 Å². The lowest BCUT2D eigenvalue weighted by Crippen LogP contribution is -2.54. The molecular formula is C8H19NO4. The molecule has 13 heavy (non-hydrogen) atoms. The van der Waals surface area contributed by atoms with E-state index < -0.39 is 0 Å². The zero-order valence-electron chi connectivity index (χ0n) is 7.86. The first-order valence-electron chi connectivity index (χ1n) is 4.35. The molecular weight excluding hydrogens is 174 g/mol. The smallest absolute Gasteiger partial charge is 0.0914 e. The Hall–Kier alpha value is -0.200. The van der Waals surface area contributed by atoms with Crippen LogP contribution in [0.1, 0.15) is 25.7 Å². The third kappa shape index (κ3) is 1.84. The number of aliphatic hydroxyl groups excluding tert-OH is 1. The van der Waals surface area contributed by atoms with E-state index in [1.54, 1.807) is 7.05 Å². The fraction of sp³-hybridized carbons (Fsp3) is 1.00. The van der Waals surface area contributed by atoms with Crippen molar-refractivity contribution >= 4 is 0 Å². The Morgan fingerprint density at radius 2 is 1.54 bits per heavy atom. The predicted molar refractivity (Wildman–Crippen MR) is 48.8 cm³/mol. The number of nitrogens with zero attached hydrogens (tertiary/aromatic N) is 1. The van der Waals surface area contributed by atoms with Crippen molar-refractivity contribution in [2.75, 3.05) is 7.05 Å². The third-order valence-corrected chi connectivity index (χ3v) is 3.37. The van der Waals surface area contributed by atoms with Gasteiger partial charge in [-0.25, -0.2) is 0 Å². The van der Waals surface area contributed by atoms with Crippen molar-refractivity contribution in [1.82, 2.24) is 0 Å². The van der Waals surface area contributed by atoms with Crippen LogP contribution in [0.5, 0.6) is 0 Å². The second-order valence-electron chi connectivity index (χ2n) is 4.07. The van der Waals surface area contributed by atoms with Crippen LogP contribution in [0.2, 0.25) is 0 Å². The quantitative estimate of drug-likeness (QED) is 0.392. The molecule has 2 unspecified atom stereocenters. The summed E-state index contributed by atoms with van der Waals surface area (Å²) in [7, 11) is 1.76. The van der Waals surface area contributed by atoms with E-state index in [0.717, 1.165) is 25.7 Å². The molecule has 0 radical (unpaired) electrons. The van der Waals surface area contributed by atoms with Crippen molar-refractivity contribution in [3.05, 3.63) is 5.21 Å². The van der Waals surface area contributed by atoms with Crippen LogP contribution in [0, 0.1) is 5.21 Å². The fourth-order valence-electron chi connectivity index (χ4n) is 2.57. The van der Waals surface area contributed by atoms with Crippen molar-refractivity contribution in [3.8, 4) is 0 Å². The van der Waals surface area contributed by atoms with E-state index in [1.807, 2.05) is 0 Å². The van der Waals surface area contributed by atoms with E-state index in [4.69, 9.17) is 0 Å². The van der Waals surface area contributed by atoms with Gasteiger partial charge in [0.2, 0.25) is 0 Å². The van der Waals surface area contributed by atoms with Gasteiger partial charge < -0.3 is 25.9 Å². The average Bonchev–Trinajstić information content (AvgIpc) is 2.19. The summed E-state index contributed by atoms with van der Waals surface area (Å²) in [5.74, 6) is 0. The van der Waals surface area contributed by atoms with Crippen molar-refractivity contribution in [2.24, 2.45) is 0 Å². The molecule has 0 spiro atoms. The second kappa shape index (κ2) is 3.89. The molecule has 2 rings (SSSR count). The van der Waals surface area contributed by atoms with Gasteiger partial charge in [-0.3, -0.25) is 0 Å². The highest BCUT2D eigenvalue weighted by atomic mass is 16.5. The molecule has 5 nitrogen and oxygen atoms in total. The van der Waals surface area contributed by atoms with E-state index in [9.17, 15) is 10.3 Å². The van der Waals surface area contributed by atoms with Crippen LogP contribution < -0.4 is 0 Å². The normalized spacial score (nSPS) is 47.8. The van der Waals surface area contributed by atoms with Gasteiger partial charge in [0.15, 0.2) is 0 Å². The minimum absolute atomic E-state index is 0. The monoisotopic (exact) mass is 193 g/mol. The molecule has 0 aromatic heterocycles. The standard InChI is InChI=1S/C8H15NO2.2H2O/c1-9(11)6-2-3-7(9)5-8(10)4-6;;/h6-8,10H,2-5H2,1H3;2*1H2/t6-,7+,8?,9?;;. The Morgan fingerprint density at radius 1 is 1.15 bits per heavy atom. The number of piperidine rings is 1. The zero-order valence-corrected chi connectivity index (χ0v) is 7.86. The number of rotatable bonds is 0. The van der Waals surface area contributed by atoms with Crippen molar-refractivity contribution in [3.63, 3.8) is 0 Å². The van der Waals surface area contributed by atoms with Gasteiger partial charge in [-0.1, -0.05) is 0 Å². The summed E-state index contributed by atoms with van der Waals surface area (Å²) in [6.45, 7) is 0. The highest BCUT2D eigenvalue weighted by Crippen LogP contribution is 2.39. The summed E-state index contributed by atoms with van der Waals surface area (Å²) in [6.07, 6.45) is 3.27. The van der Waals surface area contributed by atoms with Crippen molar-refractivity contribution in [2.45, 2.75) is 43.9 Å². The van der Waals surface area contributed by atoms with Gasteiger partial charge in [-0.15, -0.1) is 0 Å². The molecule has 2 fully saturated rings. The minimum atomic E-state index is -0.201. The number of fused-ring (bicyclic) bond motifs is 2. The van der Waals surface area contributed by atoms with Gasteiger partial charge in [0.1, 0.15) is 0 Å². The molecule has 0 aromatic carbocycles. The van der Waals surface area contributed by atoms with Crippen LogP contribution in [0.25, 0.3) is 0 Å². The van der Waals surface area contributed by atoms with E-state index in [-0.39, 0.29) is 33.8 Å². The van der Waals surface area contributed by atoms with E-state index in [0.29, 0.717) is 0 Å². The molecule has 0 saturated carbocycles. The van der Waals surface area contributed by atoms with Crippen LogP contribution in [0.15, 0.2) is 0 Å². The molecule has 4 atom stereocenters. The topological polar surface area (TPSA) is 106 Å². The maximum absolute atomic E-state index is 11.8. The number of aliphatic hydroxyl groups is 1. The van der Waals surface area contributed by atoms with Crippen LogP contribution in [0.3, 0.4) is 0 Å². The maximum atomic E-state index is 11.8. The van der Waals surface area contributed by atoms with E-state index in [2.05, 4.69) is 0 Å². The molecule has 0 amide bonds. The molecule has 0 aliphatic carbocycles. The Morgan fingerprint density at radius 3 is 1.92 bits per heavy atom. The molecule has 2 saturated heterocycles. The van der Waals surface area contributed by atoms with E-state index >= 15 is 0 Å². The summed E-state index contributed by atoms with van der Waals surface area (Å²) in [4.78, 5) is 0. The lowest BCUT2D eigenvalue weighted by atomic mass is 10.0. The molecule has 2 heterocycles. The highest BCUT2D eigenvalue weighted by Gasteiger charge is 2.45. The first-order valence-corrected chi connectivity index (χ1v) is 4.35. The first kappa shape index (κ1) is 12.8. The Balaban J connectivity index is 0.000000720. The first-order chi connectivity index (χ1) is 5.10. The van der Waals surface area contributed by atoms with Crippen LogP contribution in [0.4, 0.5) is 0 Å². The molecule has 0 aromatic rings. The lowest BCUT2D eigenvalue weighted by Gasteiger charge is -2.49. The molecule has 5 heteroatoms. The summed E-state index contributed by atoms with van der Waals surface area (Å²) in [5.41, 5.74) is 0.